The van der Waals surface area contributed by atoms with Gasteiger partial charge in [-0.1, -0.05) is 0 Å². The largest absolute Gasteiger partial charge is 0.381 e. The van der Waals surface area contributed by atoms with Gasteiger partial charge >= 0.3 is 0 Å². The Labute approximate surface area is 76.3 Å². The molecule has 0 aromatic rings. The van der Waals surface area contributed by atoms with Gasteiger partial charge in [0, 0.05) is 42.5 Å². The maximum atomic E-state index is 10.7. The van der Waals surface area contributed by atoms with Crippen molar-refractivity contribution in [1.29, 1.82) is 0 Å². The molecule has 4 heteroatoms. The topological polar surface area (TPSA) is 38.3 Å². The van der Waals surface area contributed by atoms with Crippen LogP contribution in [0.4, 0.5) is 0 Å². The van der Waals surface area contributed by atoms with Gasteiger partial charge in [-0.25, -0.2) is 0 Å². The van der Waals surface area contributed by atoms with Crippen LogP contribution in [0.2, 0.25) is 0 Å². The molecule has 1 N–H and O–H groups in total. The van der Waals surface area contributed by atoms with Gasteiger partial charge in [-0.15, -0.1) is 0 Å². The van der Waals surface area contributed by atoms with E-state index in [0.29, 0.717) is 5.92 Å². The Morgan fingerprint density at radius 1 is 1.67 bits per heavy atom. The monoisotopic (exact) mass is 191 g/mol. The van der Waals surface area contributed by atoms with Gasteiger partial charge in [-0.05, 0) is 12.3 Å². The number of rotatable bonds is 5. The first-order valence-electron chi connectivity index (χ1n) is 4.37. The minimum absolute atomic E-state index is 0.662. The van der Waals surface area contributed by atoms with Gasteiger partial charge in [0.25, 0.3) is 0 Å². The molecule has 2 atom stereocenters. The smallest absolute Gasteiger partial charge is 0.0507 e. The predicted molar refractivity (Wildman–Crippen MR) is 50.7 cm³/mol. The molecule has 0 aliphatic carbocycles. The fourth-order valence-corrected chi connectivity index (χ4v) is 1.70. The summed E-state index contributed by atoms with van der Waals surface area (Å²) in [6, 6.07) is 0. The third kappa shape index (κ3) is 4.18. The number of ether oxygens (including phenoxy) is 1. The van der Waals surface area contributed by atoms with Crippen molar-refractivity contribution in [3.63, 3.8) is 0 Å². The second-order valence-electron chi connectivity index (χ2n) is 3.21. The SMILES string of the molecule is CS(=O)CCNCC1CCOC1. The highest BCUT2D eigenvalue weighted by molar-refractivity contribution is 7.84. The van der Waals surface area contributed by atoms with Gasteiger partial charge in [0.15, 0.2) is 0 Å². The molecular formula is C8H17NO2S. The summed E-state index contributed by atoms with van der Waals surface area (Å²) in [6.07, 6.45) is 2.91. The molecule has 1 saturated heterocycles. The lowest BCUT2D eigenvalue weighted by Crippen LogP contribution is -2.26. The summed E-state index contributed by atoms with van der Waals surface area (Å²) < 4.78 is 15.9. The van der Waals surface area contributed by atoms with E-state index in [-0.39, 0.29) is 0 Å². The van der Waals surface area contributed by atoms with Crippen LogP contribution in [0.3, 0.4) is 0 Å². The van der Waals surface area contributed by atoms with Gasteiger partial charge < -0.3 is 10.1 Å². The standard InChI is InChI=1S/C8H17NO2S/c1-12(10)5-3-9-6-8-2-4-11-7-8/h8-9H,2-7H2,1H3. The van der Waals surface area contributed by atoms with E-state index in [4.69, 9.17) is 4.74 Å². The van der Waals surface area contributed by atoms with Crippen molar-refractivity contribution in [2.45, 2.75) is 6.42 Å². The number of hydrogen-bond acceptors (Lipinski definition) is 3. The van der Waals surface area contributed by atoms with Crippen LogP contribution >= 0.6 is 0 Å². The summed E-state index contributed by atoms with van der Waals surface area (Å²) in [4.78, 5) is 0. The number of hydrogen-bond donors (Lipinski definition) is 1. The Hall–Kier alpha value is 0.0700. The highest BCUT2D eigenvalue weighted by Gasteiger charge is 2.14. The molecule has 0 spiro atoms. The van der Waals surface area contributed by atoms with Crippen molar-refractivity contribution >= 4 is 10.8 Å². The van der Waals surface area contributed by atoms with Crippen LogP contribution in [-0.4, -0.2) is 42.5 Å². The molecule has 0 aromatic carbocycles. The van der Waals surface area contributed by atoms with Crippen LogP contribution in [-0.2, 0) is 15.5 Å². The molecule has 72 valence electrons. The van der Waals surface area contributed by atoms with E-state index in [1.165, 1.54) is 6.42 Å². The van der Waals surface area contributed by atoms with E-state index < -0.39 is 10.8 Å². The average Bonchev–Trinajstić information content (AvgIpc) is 2.49. The molecule has 1 fully saturated rings. The van der Waals surface area contributed by atoms with E-state index in [0.717, 1.165) is 32.1 Å². The van der Waals surface area contributed by atoms with Crippen LogP contribution in [0.15, 0.2) is 0 Å². The first-order chi connectivity index (χ1) is 5.79. The lowest BCUT2D eigenvalue weighted by Gasteiger charge is -2.07. The second kappa shape index (κ2) is 5.67. The van der Waals surface area contributed by atoms with Crippen LogP contribution in [0.5, 0.6) is 0 Å². The summed E-state index contributed by atoms with van der Waals surface area (Å²) in [5.41, 5.74) is 0. The minimum atomic E-state index is -0.662. The molecule has 1 aliphatic rings. The van der Waals surface area contributed by atoms with E-state index in [1.807, 2.05) is 0 Å². The molecule has 12 heavy (non-hydrogen) atoms. The Balaban J connectivity index is 1.91. The van der Waals surface area contributed by atoms with Gasteiger partial charge in [0.2, 0.25) is 0 Å². The maximum Gasteiger partial charge on any atom is 0.0507 e. The summed E-state index contributed by atoms with van der Waals surface area (Å²) in [5.74, 6) is 1.43. The Bertz CT molecular complexity index is 146. The highest BCUT2D eigenvalue weighted by Crippen LogP contribution is 2.10. The molecule has 0 saturated carbocycles. The maximum absolute atomic E-state index is 10.7. The van der Waals surface area contributed by atoms with E-state index in [2.05, 4.69) is 5.32 Å². The Morgan fingerprint density at radius 2 is 2.50 bits per heavy atom. The Kier molecular flexibility index (Phi) is 4.80. The second-order valence-corrected chi connectivity index (χ2v) is 4.77. The lowest BCUT2D eigenvalue weighted by atomic mass is 10.1. The van der Waals surface area contributed by atoms with Gasteiger partial charge in [-0.2, -0.15) is 0 Å². The molecule has 0 aromatic heterocycles. The summed E-state index contributed by atoms with van der Waals surface area (Å²) in [5, 5.41) is 3.29. The Morgan fingerprint density at radius 3 is 3.08 bits per heavy atom. The fraction of sp³-hybridized carbons (Fsp3) is 1.00. The zero-order chi connectivity index (χ0) is 8.81. The van der Waals surface area contributed by atoms with E-state index >= 15 is 0 Å². The molecule has 2 unspecified atom stereocenters. The molecule has 3 nitrogen and oxygen atoms in total. The number of nitrogens with one attached hydrogen (secondary N) is 1. The van der Waals surface area contributed by atoms with Gasteiger partial charge in [-0.3, -0.25) is 4.21 Å². The van der Waals surface area contributed by atoms with Crippen LogP contribution in [0.1, 0.15) is 6.42 Å². The quantitative estimate of drug-likeness (QED) is 0.621. The van der Waals surface area contributed by atoms with Crippen molar-refractivity contribution < 1.29 is 8.95 Å². The van der Waals surface area contributed by atoms with Crippen molar-refractivity contribution in [3.8, 4) is 0 Å². The van der Waals surface area contributed by atoms with Crippen LogP contribution in [0, 0.1) is 5.92 Å². The molecule has 0 bridgehead atoms. The zero-order valence-electron chi connectivity index (χ0n) is 7.54. The van der Waals surface area contributed by atoms with E-state index in [9.17, 15) is 4.21 Å². The lowest BCUT2D eigenvalue weighted by molar-refractivity contribution is 0.185. The van der Waals surface area contributed by atoms with Crippen molar-refractivity contribution in [2.24, 2.45) is 5.92 Å². The minimum Gasteiger partial charge on any atom is -0.381 e. The molecule has 0 radical (unpaired) electrons. The van der Waals surface area contributed by atoms with E-state index in [1.54, 1.807) is 6.26 Å². The van der Waals surface area contributed by atoms with Crippen molar-refractivity contribution in [1.82, 2.24) is 5.32 Å². The molecular weight excluding hydrogens is 174 g/mol. The molecule has 1 aliphatic heterocycles. The van der Waals surface area contributed by atoms with Crippen molar-refractivity contribution in [2.75, 3.05) is 38.3 Å². The molecule has 1 heterocycles. The summed E-state index contributed by atoms with van der Waals surface area (Å²) in [7, 11) is -0.662. The first-order valence-corrected chi connectivity index (χ1v) is 6.10. The normalized spacial score (nSPS) is 25.9. The molecule has 1 rings (SSSR count). The van der Waals surface area contributed by atoms with Crippen LogP contribution in [0.25, 0.3) is 0 Å². The van der Waals surface area contributed by atoms with Gasteiger partial charge in [0.1, 0.15) is 0 Å². The van der Waals surface area contributed by atoms with Crippen LogP contribution < -0.4 is 5.32 Å². The summed E-state index contributed by atoms with van der Waals surface area (Å²) in [6.45, 7) is 3.67. The zero-order valence-corrected chi connectivity index (χ0v) is 8.36. The average molecular weight is 191 g/mol. The van der Waals surface area contributed by atoms with Gasteiger partial charge in [0.05, 0.1) is 6.61 Å². The fourth-order valence-electron chi connectivity index (χ4n) is 1.27. The third-order valence-corrected chi connectivity index (χ3v) is 2.80. The first kappa shape index (κ1) is 10.2. The highest BCUT2D eigenvalue weighted by atomic mass is 32.2. The predicted octanol–water partition coefficient (Wildman–Crippen LogP) is -0.00900. The molecule has 0 amide bonds. The summed E-state index contributed by atoms with van der Waals surface area (Å²) >= 11 is 0. The van der Waals surface area contributed by atoms with Crippen molar-refractivity contribution in [3.05, 3.63) is 0 Å². The third-order valence-electron chi connectivity index (χ3n) is 2.02.